The topological polar surface area (TPSA) is 898 Å². The van der Waals surface area contributed by atoms with Gasteiger partial charge in [0.25, 0.3) is 0 Å². The predicted octanol–water partition coefficient (Wildman–Crippen LogP) is 3.61. The van der Waals surface area contributed by atoms with Gasteiger partial charge < -0.3 is 215 Å². The monoisotopic (exact) mass is 1890 g/mol. The van der Waals surface area contributed by atoms with Crippen molar-refractivity contribution in [2.75, 3.05) is 13.2 Å². The number of aliphatic hydroxyl groups is 1. The number of benzene rings is 10. The lowest BCUT2D eigenvalue weighted by molar-refractivity contribution is -0.284. The summed E-state index contributed by atoms with van der Waals surface area (Å²) in [4.78, 5) is 148. The van der Waals surface area contributed by atoms with E-state index in [0.29, 0.717) is 12.1 Å². The lowest BCUT2D eigenvalue weighted by atomic mass is 9.91. The molecule has 10 aromatic rings. The Bertz CT molecular complexity index is 7040. The van der Waals surface area contributed by atoms with Crippen LogP contribution in [0.15, 0.2) is 60.7 Å². The lowest BCUT2D eigenvalue weighted by Gasteiger charge is -2.44. The molecule has 10 aromatic carbocycles. The summed E-state index contributed by atoms with van der Waals surface area (Å²) in [5, 5.41) is 335. The summed E-state index contributed by atoms with van der Waals surface area (Å²) in [7, 11) is 0. The fraction of sp³-hybridized carbons (Fsp3) is 0.146. The standard InChI is InChI=1S/C82H54O53/c83-23-1-14-39(56(105)47(23)96)41-20(73(114)123-11-33-65(129-74(14)115)67-69(81(122)126-33)133-78(119)17-4-26(86)45(94)54(103)37(17)35-15(76(117)131-67)2-24(84)43(92)52(35)101)10-32(51(100)58(41)107)125-63-22(9-30(90)50(99)61(63)110)80(121)135-82-70-68(132-77(118)16-3-25(85)44(93)53(102)36(16)38-18(79(120)134-70)5-27(87)46(95)55(38)104)66-34(127-82)12-124-72(113)13-7-31(91)64(128-62-21(71(111)112)8-29(89)49(98)60(62)109)59(108)42(13)40-19(75(116)130-66)6-28(88)48(97)57(40)106/h1-10,33-34,65-70,81-110,122H,11-12H2,(H,111,112). The van der Waals surface area contributed by atoms with Crippen LogP contribution in [0.25, 0.3) is 44.5 Å². The number of phenolic OH excluding ortho intramolecular Hbond substituents is 28. The molecule has 6 aliphatic heterocycles. The number of hydrogen-bond acceptors (Lipinski definition) is 52. The Kier molecular flexibility index (Phi) is 21.1. The number of rotatable bonds is 7. The number of hydrogen-bond donors (Lipinski definition) is 30. The highest BCUT2D eigenvalue weighted by Crippen LogP contribution is 2.62. The summed E-state index contributed by atoms with van der Waals surface area (Å²) >= 11 is 0. The Hall–Kier alpha value is -19.2. The molecule has 53 heteroatoms. The van der Waals surface area contributed by atoms with E-state index in [1.54, 1.807) is 0 Å². The van der Waals surface area contributed by atoms with Gasteiger partial charge in [-0.15, -0.1) is 0 Å². The normalized spacial score (nSPS) is 20.1. The van der Waals surface area contributed by atoms with E-state index in [9.17, 15) is 172 Å². The van der Waals surface area contributed by atoms with Crippen LogP contribution < -0.4 is 9.47 Å². The van der Waals surface area contributed by atoms with Crippen molar-refractivity contribution in [3.05, 3.63) is 116 Å². The van der Waals surface area contributed by atoms with Crippen molar-refractivity contribution in [2.24, 2.45) is 0 Å². The van der Waals surface area contributed by atoms with Crippen LogP contribution in [0.5, 0.6) is 184 Å². The summed E-state index contributed by atoms with van der Waals surface area (Å²) in [5.41, 5.74) is -24.4. The smallest absolute Gasteiger partial charge is 0.344 e. The van der Waals surface area contributed by atoms with Gasteiger partial charge in [0.15, 0.2) is 152 Å². The Morgan fingerprint density at radius 3 is 0.889 bits per heavy atom. The molecule has 10 unspecified atom stereocenters. The van der Waals surface area contributed by atoms with Crippen molar-refractivity contribution >= 4 is 59.7 Å². The molecule has 10 atom stereocenters. The summed E-state index contributed by atoms with van der Waals surface area (Å²) in [5.74, 6) is -72.0. The zero-order valence-corrected chi connectivity index (χ0v) is 65.8. The van der Waals surface area contributed by atoms with E-state index in [1.165, 1.54) is 0 Å². The summed E-state index contributed by atoms with van der Waals surface area (Å²) in [6.07, 6.45) is -27.8. The van der Waals surface area contributed by atoms with E-state index >= 15 is 28.8 Å². The molecule has 0 aliphatic carbocycles. The zero-order chi connectivity index (χ0) is 98.1. The number of carboxylic acid groups (broad SMARTS) is 1. The lowest BCUT2D eigenvalue weighted by Crippen LogP contribution is -2.63. The second-order valence-electron chi connectivity index (χ2n) is 29.5. The molecule has 700 valence electrons. The molecule has 135 heavy (non-hydrogen) atoms. The van der Waals surface area contributed by atoms with Crippen LogP contribution in [0.4, 0.5) is 0 Å². The fourth-order valence-corrected chi connectivity index (χ4v) is 15.3. The van der Waals surface area contributed by atoms with Gasteiger partial charge in [-0.2, -0.15) is 0 Å². The third-order valence-electron chi connectivity index (χ3n) is 21.7. The number of carbonyl (C=O) groups excluding carboxylic acids is 9. The number of carbonyl (C=O) groups is 10. The molecule has 0 saturated carbocycles. The summed E-state index contributed by atoms with van der Waals surface area (Å²) in [6.45, 7) is -3.22. The van der Waals surface area contributed by atoms with E-state index in [1.807, 2.05) is 0 Å². The van der Waals surface area contributed by atoms with E-state index in [4.69, 9.17) is 61.6 Å². The minimum Gasteiger partial charge on any atom is -0.504 e. The number of cyclic esters (lactones) is 2. The number of fused-ring (bicyclic) bond motifs is 18. The van der Waals surface area contributed by atoms with Gasteiger partial charge in [0.05, 0.1) is 44.5 Å². The number of esters is 9. The van der Waals surface area contributed by atoms with Crippen LogP contribution >= 0.6 is 0 Å². The van der Waals surface area contributed by atoms with Gasteiger partial charge in [-0.1, -0.05) is 0 Å². The predicted molar refractivity (Wildman–Crippen MR) is 415 cm³/mol. The van der Waals surface area contributed by atoms with E-state index in [2.05, 4.69) is 0 Å². The maximum absolute atomic E-state index is 15.5. The Labute approximate surface area is 739 Å². The minimum atomic E-state index is -3.17. The van der Waals surface area contributed by atoms with Gasteiger partial charge in [0, 0.05) is 62.7 Å². The first-order chi connectivity index (χ1) is 63.5. The van der Waals surface area contributed by atoms with Gasteiger partial charge in [0.1, 0.15) is 36.5 Å². The number of aliphatic hydroxyl groups excluding tert-OH is 1. The molecule has 16 rings (SSSR count). The van der Waals surface area contributed by atoms with Crippen molar-refractivity contribution in [2.45, 2.75) is 61.4 Å². The maximum atomic E-state index is 15.5. The van der Waals surface area contributed by atoms with Crippen LogP contribution in [-0.4, -0.2) is 288 Å². The van der Waals surface area contributed by atoms with Crippen LogP contribution in [0, 0.1) is 0 Å². The molecule has 30 N–H and O–H groups in total. The van der Waals surface area contributed by atoms with Gasteiger partial charge >= 0.3 is 59.7 Å². The van der Waals surface area contributed by atoms with Gasteiger partial charge in [0.2, 0.25) is 81.4 Å². The molecule has 2 fully saturated rings. The van der Waals surface area contributed by atoms with Crippen molar-refractivity contribution in [1.29, 1.82) is 0 Å². The molecule has 0 amide bonds. The third-order valence-corrected chi connectivity index (χ3v) is 21.7. The molecule has 6 heterocycles. The van der Waals surface area contributed by atoms with Gasteiger partial charge in [-0.3, -0.25) is 0 Å². The van der Waals surface area contributed by atoms with Crippen LogP contribution in [-0.2, 0) is 52.1 Å². The highest BCUT2D eigenvalue weighted by molar-refractivity contribution is 6.14. The Morgan fingerprint density at radius 1 is 0.259 bits per heavy atom. The molecular formula is C82H54O53. The molecule has 2 saturated heterocycles. The largest absolute Gasteiger partial charge is 0.504 e. The first-order valence-electron chi connectivity index (χ1n) is 37.4. The molecular weight excluding hydrogens is 1830 g/mol. The minimum absolute atomic E-state index is 0.0757. The quantitative estimate of drug-likeness (QED) is 0.0615. The van der Waals surface area contributed by atoms with Gasteiger partial charge in [-0.25, -0.2) is 47.9 Å². The first-order valence-corrected chi connectivity index (χ1v) is 37.4. The molecule has 53 nitrogen and oxygen atoms in total. The van der Waals surface area contributed by atoms with E-state index < -0.39 is 418 Å². The van der Waals surface area contributed by atoms with Crippen molar-refractivity contribution < 1.29 is 263 Å². The first kappa shape index (κ1) is 89.2. The highest BCUT2D eigenvalue weighted by atomic mass is 16.8. The molecule has 0 bridgehead atoms. The number of ether oxygens (including phenoxy) is 13. The molecule has 0 radical (unpaired) electrons. The second-order valence-corrected chi connectivity index (χ2v) is 29.5. The molecule has 6 aliphatic rings. The van der Waals surface area contributed by atoms with Crippen molar-refractivity contribution in [3.63, 3.8) is 0 Å². The summed E-state index contributed by atoms with van der Waals surface area (Å²) in [6, 6.07) is 2.25. The molecule has 0 aromatic heterocycles. The number of phenols is 28. The van der Waals surface area contributed by atoms with Crippen LogP contribution in [0.2, 0.25) is 0 Å². The van der Waals surface area contributed by atoms with Crippen LogP contribution in [0.1, 0.15) is 104 Å². The Balaban J connectivity index is 0.812. The third kappa shape index (κ3) is 14.0. The Morgan fingerprint density at radius 2 is 0.526 bits per heavy atom. The van der Waals surface area contributed by atoms with Gasteiger partial charge in [-0.05, 0) is 42.5 Å². The summed E-state index contributed by atoms with van der Waals surface area (Å²) < 4.78 is 73.7. The number of carboxylic acids is 1. The fourth-order valence-electron chi connectivity index (χ4n) is 15.3. The second kappa shape index (κ2) is 31.9. The zero-order valence-electron chi connectivity index (χ0n) is 65.8. The van der Waals surface area contributed by atoms with Crippen molar-refractivity contribution in [3.8, 4) is 228 Å². The van der Waals surface area contributed by atoms with Crippen LogP contribution in [0.3, 0.4) is 0 Å². The van der Waals surface area contributed by atoms with E-state index in [0.717, 1.165) is 0 Å². The van der Waals surface area contributed by atoms with Crippen molar-refractivity contribution in [1.82, 2.24) is 0 Å². The average Bonchev–Trinajstić information content (AvgIpc) is 1.74. The van der Waals surface area contributed by atoms with E-state index in [-0.39, 0.29) is 48.5 Å². The molecule has 0 spiro atoms. The SMILES string of the molecule is O=C(O)c1cc(O)c(O)c(O)c1Oc1c(O)cc2c(c1O)-c1c(cc(O)c(O)c1O)C(=O)OC1C(COC2=O)OC(OC(=O)c2cc(O)c(O)c(O)c2Oc2cc3c(c(O)c2O)-c2c(cc(O)c(O)c2O)C(=O)OC2C(COC3=O)OC(O)C3OC(=O)c4cc(O)c(O)c(O)c4-c4c(cc(O)c(O)c4O)C(=O)OC32)C2OC(=O)c3cc(O)c(O)c(O)c3-c3c(cc(O)c(O)c3O)C(=O)OC12. The maximum Gasteiger partial charge on any atom is 0.344 e. The number of aromatic carboxylic acids is 1. The number of aromatic hydroxyl groups is 28. The highest BCUT2D eigenvalue weighted by Gasteiger charge is 2.59. The average molecular weight is 1890 g/mol.